The summed E-state index contributed by atoms with van der Waals surface area (Å²) in [5, 5.41) is 2.06. The van der Waals surface area contributed by atoms with Crippen LogP contribution in [-0.2, 0) is 9.53 Å². The molecule has 0 aliphatic carbocycles. The molecule has 1 atom stereocenters. The summed E-state index contributed by atoms with van der Waals surface area (Å²) in [5.41, 5.74) is 8.61. The predicted molar refractivity (Wildman–Crippen MR) is 90.1 cm³/mol. The number of carbonyl (C=O) groups excluding carboxylic acids is 1. The SMILES string of the molecule is Nc1nccc(-c2cc(C(COC=O)c3ccccc3)cs2)n1. The number of ether oxygens (including phenoxy) is 1. The summed E-state index contributed by atoms with van der Waals surface area (Å²) in [4.78, 5) is 19.7. The van der Waals surface area contributed by atoms with E-state index in [9.17, 15) is 4.79 Å². The second-order valence-electron chi connectivity index (χ2n) is 4.94. The van der Waals surface area contributed by atoms with Gasteiger partial charge in [0.1, 0.15) is 6.61 Å². The molecule has 1 unspecified atom stereocenters. The number of anilines is 1. The van der Waals surface area contributed by atoms with E-state index < -0.39 is 0 Å². The number of thiophene rings is 1. The Balaban J connectivity index is 1.93. The van der Waals surface area contributed by atoms with E-state index in [1.165, 1.54) is 0 Å². The van der Waals surface area contributed by atoms with Crippen molar-refractivity contribution in [3.05, 3.63) is 65.2 Å². The third kappa shape index (κ3) is 3.54. The number of rotatable bonds is 6. The topological polar surface area (TPSA) is 78.1 Å². The van der Waals surface area contributed by atoms with Gasteiger partial charge in [-0.1, -0.05) is 30.3 Å². The number of hydrogen-bond acceptors (Lipinski definition) is 6. The molecule has 1 aromatic carbocycles. The van der Waals surface area contributed by atoms with Crippen LogP contribution in [0.5, 0.6) is 0 Å². The van der Waals surface area contributed by atoms with Gasteiger partial charge in [-0.3, -0.25) is 4.79 Å². The summed E-state index contributed by atoms with van der Waals surface area (Å²) in [7, 11) is 0. The number of carbonyl (C=O) groups is 1. The Kier molecular flexibility index (Phi) is 4.63. The quantitative estimate of drug-likeness (QED) is 0.705. The van der Waals surface area contributed by atoms with Crippen LogP contribution in [0.2, 0.25) is 0 Å². The van der Waals surface area contributed by atoms with Crippen LogP contribution < -0.4 is 5.73 Å². The lowest BCUT2D eigenvalue weighted by Crippen LogP contribution is -2.08. The van der Waals surface area contributed by atoms with Gasteiger partial charge in [-0.15, -0.1) is 11.3 Å². The minimum Gasteiger partial charge on any atom is -0.467 e. The maximum absolute atomic E-state index is 10.6. The van der Waals surface area contributed by atoms with Crippen molar-refractivity contribution in [1.29, 1.82) is 0 Å². The van der Waals surface area contributed by atoms with Gasteiger partial charge >= 0.3 is 0 Å². The first-order valence-electron chi connectivity index (χ1n) is 7.05. The smallest absolute Gasteiger partial charge is 0.293 e. The third-order valence-corrected chi connectivity index (χ3v) is 4.45. The van der Waals surface area contributed by atoms with Crippen molar-refractivity contribution in [2.24, 2.45) is 0 Å². The van der Waals surface area contributed by atoms with Gasteiger partial charge in [0.05, 0.1) is 10.6 Å². The molecule has 0 fully saturated rings. The molecule has 0 amide bonds. The molecule has 6 heteroatoms. The number of hydrogen-bond donors (Lipinski definition) is 1. The zero-order chi connectivity index (χ0) is 16.1. The van der Waals surface area contributed by atoms with Crippen LogP contribution in [0.1, 0.15) is 17.0 Å². The van der Waals surface area contributed by atoms with Crippen molar-refractivity contribution >= 4 is 23.8 Å². The summed E-state index contributed by atoms with van der Waals surface area (Å²) in [5.74, 6) is 0.243. The van der Waals surface area contributed by atoms with Gasteiger partial charge in [0.15, 0.2) is 0 Å². The highest BCUT2D eigenvalue weighted by Crippen LogP contribution is 2.33. The molecule has 0 bridgehead atoms. The maximum atomic E-state index is 10.6. The number of aromatic nitrogens is 2. The van der Waals surface area contributed by atoms with Gasteiger partial charge in [0.25, 0.3) is 6.47 Å². The first-order chi connectivity index (χ1) is 11.3. The summed E-state index contributed by atoms with van der Waals surface area (Å²) in [6, 6.07) is 13.8. The van der Waals surface area contributed by atoms with Crippen molar-refractivity contribution in [3.8, 4) is 10.6 Å². The summed E-state index contributed by atoms with van der Waals surface area (Å²) >= 11 is 1.58. The Morgan fingerprint density at radius 1 is 1.22 bits per heavy atom. The largest absolute Gasteiger partial charge is 0.467 e. The molecule has 0 aliphatic heterocycles. The van der Waals surface area contributed by atoms with E-state index in [4.69, 9.17) is 10.5 Å². The minimum atomic E-state index is -0.00872. The van der Waals surface area contributed by atoms with E-state index in [2.05, 4.69) is 21.4 Å². The minimum absolute atomic E-state index is 0.00872. The average Bonchev–Trinajstić information content (AvgIpc) is 3.06. The predicted octanol–water partition coefficient (Wildman–Crippen LogP) is 3.09. The molecule has 2 N–H and O–H groups in total. The van der Waals surface area contributed by atoms with Crippen LogP contribution >= 0.6 is 11.3 Å². The fourth-order valence-electron chi connectivity index (χ4n) is 2.38. The first-order valence-corrected chi connectivity index (χ1v) is 7.93. The fraction of sp³-hybridized carbons (Fsp3) is 0.118. The van der Waals surface area contributed by atoms with Crippen LogP contribution in [-0.4, -0.2) is 23.0 Å². The third-order valence-electron chi connectivity index (χ3n) is 3.48. The standard InChI is InChI=1S/C17H15N3O2S/c18-17-19-7-6-15(20-17)16-8-13(10-23-16)14(9-22-11-21)12-4-2-1-3-5-12/h1-8,10-11,14H,9H2,(H2,18,19,20). The second-order valence-corrected chi connectivity index (χ2v) is 5.85. The Morgan fingerprint density at radius 2 is 2.04 bits per heavy atom. The summed E-state index contributed by atoms with van der Waals surface area (Å²) in [6.45, 7) is 0.782. The van der Waals surface area contributed by atoms with Crippen molar-refractivity contribution in [2.75, 3.05) is 12.3 Å². The molecule has 5 nitrogen and oxygen atoms in total. The molecular weight excluding hydrogens is 310 g/mol. The molecule has 116 valence electrons. The molecule has 0 saturated heterocycles. The Hall–Kier alpha value is -2.73. The van der Waals surface area contributed by atoms with Crippen LogP contribution in [0, 0.1) is 0 Å². The lowest BCUT2D eigenvalue weighted by atomic mass is 9.94. The molecule has 0 aliphatic rings. The number of nitrogens with zero attached hydrogens (tertiary/aromatic N) is 2. The van der Waals surface area contributed by atoms with Crippen molar-refractivity contribution in [2.45, 2.75) is 5.92 Å². The van der Waals surface area contributed by atoms with Crippen LogP contribution in [0.4, 0.5) is 5.95 Å². The van der Waals surface area contributed by atoms with E-state index in [-0.39, 0.29) is 11.9 Å². The molecular formula is C17H15N3O2S. The molecule has 3 aromatic rings. The normalized spacial score (nSPS) is 11.8. The van der Waals surface area contributed by atoms with Crippen molar-refractivity contribution in [3.63, 3.8) is 0 Å². The molecule has 23 heavy (non-hydrogen) atoms. The number of nitrogens with two attached hydrogens (primary N) is 1. The molecule has 0 radical (unpaired) electrons. The average molecular weight is 325 g/mol. The van der Waals surface area contributed by atoms with E-state index >= 15 is 0 Å². The maximum Gasteiger partial charge on any atom is 0.293 e. The monoisotopic (exact) mass is 325 g/mol. The zero-order valence-corrected chi connectivity index (χ0v) is 13.1. The van der Waals surface area contributed by atoms with Crippen molar-refractivity contribution in [1.82, 2.24) is 9.97 Å². The van der Waals surface area contributed by atoms with Gasteiger partial charge in [-0.2, -0.15) is 0 Å². The van der Waals surface area contributed by atoms with E-state index in [1.807, 2.05) is 36.4 Å². The lowest BCUT2D eigenvalue weighted by molar-refractivity contribution is -0.128. The molecule has 3 rings (SSSR count). The van der Waals surface area contributed by atoms with E-state index in [0.717, 1.165) is 21.7 Å². The van der Waals surface area contributed by atoms with Crippen LogP contribution in [0.25, 0.3) is 10.6 Å². The Bertz CT molecular complexity index is 789. The molecule has 0 saturated carbocycles. The number of benzene rings is 1. The van der Waals surface area contributed by atoms with E-state index in [0.29, 0.717) is 13.1 Å². The summed E-state index contributed by atoms with van der Waals surface area (Å²) in [6.07, 6.45) is 1.64. The number of nitrogen functional groups attached to an aromatic ring is 1. The van der Waals surface area contributed by atoms with Crippen LogP contribution in [0.15, 0.2) is 54.0 Å². The first kappa shape index (κ1) is 15.2. The van der Waals surface area contributed by atoms with Gasteiger partial charge < -0.3 is 10.5 Å². The summed E-state index contributed by atoms with van der Waals surface area (Å²) < 4.78 is 5.02. The van der Waals surface area contributed by atoms with Gasteiger partial charge in [-0.05, 0) is 28.6 Å². The Labute approximate surface area is 137 Å². The Morgan fingerprint density at radius 3 is 2.78 bits per heavy atom. The fourth-order valence-corrected chi connectivity index (χ4v) is 3.32. The van der Waals surface area contributed by atoms with Crippen LogP contribution in [0.3, 0.4) is 0 Å². The second kappa shape index (κ2) is 7.02. The van der Waals surface area contributed by atoms with Crippen molar-refractivity contribution < 1.29 is 9.53 Å². The molecule has 0 spiro atoms. The molecule has 2 heterocycles. The van der Waals surface area contributed by atoms with Gasteiger partial charge in [-0.25, -0.2) is 9.97 Å². The highest BCUT2D eigenvalue weighted by Gasteiger charge is 2.17. The van der Waals surface area contributed by atoms with Gasteiger partial charge in [0, 0.05) is 12.1 Å². The van der Waals surface area contributed by atoms with Gasteiger partial charge in [0.2, 0.25) is 5.95 Å². The molecule has 2 aromatic heterocycles. The zero-order valence-electron chi connectivity index (χ0n) is 12.3. The highest BCUT2D eigenvalue weighted by molar-refractivity contribution is 7.13. The van der Waals surface area contributed by atoms with E-state index in [1.54, 1.807) is 17.5 Å². The highest BCUT2D eigenvalue weighted by atomic mass is 32.1. The lowest BCUT2D eigenvalue weighted by Gasteiger charge is -2.15.